The van der Waals surface area contributed by atoms with Crippen LogP contribution in [0.15, 0.2) is 28.0 Å². The average Bonchev–Trinajstić information content (AvgIpc) is 3.03. The first kappa shape index (κ1) is 14.1. The van der Waals surface area contributed by atoms with Crippen LogP contribution in [-0.2, 0) is 11.3 Å². The number of primary amides is 1. The van der Waals surface area contributed by atoms with E-state index in [1.54, 1.807) is 18.4 Å². The third-order valence-corrected chi connectivity index (χ3v) is 3.34. The van der Waals surface area contributed by atoms with Gasteiger partial charge >= 0.3 is 6.03 Å². The summed E-state index contributed by atoms with van der Waals surface area (Å²) in [5.74, 6) is 0.745. The smallest absolute Gasteiger partial charge is 0.318 e. The number of amides is 3. The highest BCUT2D eigenvalue weighted by Crippen LogP contribution is 2.23. The van der Waals surface area contributed by atoms with Gasteiger partial charge in [-0.2, -0.15) is 0 Å². The Morgan fingerprint density at radius 3 is 2.90 bits per heavy atom. The first-order chi connectivity index (χ1) is 9.61. The highest BCUT2D eigenvalue weighted by molar-refractivity contribution is 7.99. The number of rotatable bonds is 5. The van der Waals surface area contributed by atoms with E-state index >= 15 is 0 Å². The van der Waals surface area contributed by atoms with Gasteiger partial charge in [0.25, 0.3) is 0 Å². The number of hydrogen-bond acceptors (Lipinski definition) is 6. The fourth-order valence-corrected chi connectivity index (χ4v) is 2.37. The second-order valence-corrected chi connectivity index (χ2v) is 4.67. The number of carbonyl (C=O) groups excluding carboxylic acids is 2. The highest BCUT2D eigenvalue weighted by atomic mass is 32.2. The van der Waals surface area contributed by atoms with Gasteiger partial charge in [0.2, 0.25) is 5.91 Å². The lowest BCUT2D eigenvalue weighted by Crippen LogP contribution is -2.36. The summed E-state index contributed by atoms with van der Waals surface area (Å²) in [6.07, 6.45) is 1.55. The van der Waals surface area contributed by atoms with E-state index in [0.717, 1.165) is 0 Å². The summed E-state index contributed by atoms with van der Waals surface area (Å²) in [6.45, 7) is 2.56. The number of carbonyl (C=O) groups is 2. The molecule has 2 rings (SSSR count). The fraction of sp³-hybridized carbons (Fsp3) is 0.273. The van der Waals surface area contributed by atoms with Crippen molar-refractivity contribution in [1.29, 1.82) is 0 Å². The molecular formula is C11H13N5O3S. The summed E-state index contributed by atoms with van der Waals surface area (Å²) in [6, 6.07) is 2.67. The second kappa shape index (κ2) is 6.24. The Bertz CT molecular complexity index is 608. The highest BCUT2D eigenvalue weighted by Gasteiger charge is 2.16. The van der Waals surface area contributed by atoms with Gasteiger partial charge in [0.1, 0.15) is 0 Å². The minimum atomic E-state index is -0.871. The van der Waals surface area contributed by atoms with E-state index in [1.165, 1.54) is 11.8 Å². The molecule has 3 amide bonds. The average molecular weight is 295 g/mol. The normalized spacial score (nSPS) is 10.4. The molecule has 8 nitrogen and oxygen atoms in total. The van der Waals surface area contributed by atoms with Crippen LogP contribution >= 0.6 is 11.8 Å². The number of imide groups is 1. The van der Waals surface area contributed by atoms with Crippen LogP contribution in [-0.4, -0.2) is 32.5 Å². The number of aromatic nitrogens is 3. The first-order valence-electron chi connectivity index (χ1n) is 5.81. The van der Waals surface area contributed by atoms with Gasteiger partial charge in [-0.25, -0.2) is 4.79 Å². The molecule has 0 fully saturated rings. The number of urea groups is 1. The molecule has 2 aromatic heterocycles. The lowest BCUT2D eigenvalue weighted by molar-refractivity contribution is -0.117. The number of nitrogens with two attached hydrogens (primary N) is 1. The van der Waals surface area contributed by atoms with Gasteiger partial charge in [-0.3, -0.25) is 14.7 Å². The van der Waals surface area contributed by atoms with Gasteiger partial charge in [0.15, 0.2) is 16.7 Å². The van der Waals surface area contributed by atoms with Crippen molar-refractivity contribution in [3.63, 3.8) is 0 Å². The zero-order valence-electron chi connectivity index (χ0n) is 10.7. The molecule has 0 aliphatic carbocycles. The quantitative estimate of drug-likeness (QED) is 0.790. The number of nitrogens with zero attached hydrogens (tertiary/aromatic N) is 3. The van der Waals surface area contributed by atoms with Crippen molar-refractivity contribution in [3.05, 3.63) is 18.4 Å². The molecule has 0 aromatic carbocycles. The van der Waals surface area contributed by atoms with E-state index in [0.29, 0.717) is 23.3 Å². The van der Waals surface area contributed by atoms with Gasteiger partial charge in [0.05, 0.1) is 12.0 Å². The summed E-state index contributed by atoms with van der Waals surface area (Å²) < 4.78 is 7.10. The molecule has 0 saturated carbocycles. The standard InChI is InChI=1S/C11H13N5O3S/c1-2-16-9(7-4-3-5-19-7)14-15-11(16)20-6-8(17)13-10(12)18/h3-5H,2,6H2,1H3,(H3,12,13,17,18). The van der Waals surface area contributed by atoms with Crippen LogP contribution in [0.2, 0.25) is 0 Å². The van der Waals surface area contributed by atoms with Crippen LogP contribution < -0.4 is 11.1 Å². The second-order valence-electron chi connectivity index (χ2n) is 3.73. The van der Waals surface area contributed by atoms with Gasteiger partial charge in [0, 0.05) is 6.54 Å². The molecule has 0 bridgehead atoms. The van der Waals surface area contributed by atoms with E-state index in [2.05, 4.69) is 10.2 Å². The predicted molar refractivity (Wildman–Crippen MR) is 71.8 cm³/mol. The largest absolute Gasteiger partial charge is 0.461 e. The molecule has 0 saturated heterocycles. The van der Waals surface area contributed by atoms with Crippen molar-refractivity contribution in [2.24, 2.45) is 5.73 Å². The molecule has 9 heteroatoms. The minimum absolute atomic E-state index is 0.0270. The van der Waals surface area contributed by atoms with Crippen LogP contribution in [0.25, 0.3) is 11.6 Å². The lowest BCUT2D eigenvalue weighted by atomic mass is 10.4. The Morgan fingerprint density at radius 2 is 2.30 bits per heavy atom. The Labute approximate surface area is 118 Å². The van der Waals surface area contributed by atoms with Gasteiger partial charge < -0.3 is 10.2 Å². The van der Waals surface area contributed by atoms with Crippen molar-refractivity contribution in [3.8, 4) is 11.6 Å². The van der Waals surface area contributed by atoms with E-state index in [1.807, 2.05) is 16.8 Å². The van der Waals surface area contributed by atoms with Crippen molar-refractivity contribution in [2.45, 2.75) is 18.6 Å². The van der Waals surface area contributed by atoms with Crippen LogP contribution in [0.4, 0.5) is 4.79 Å². The summed E-state index contributed by atoms with van der Waals surface area (Å²) in [7, 11) is 0. The zero-order valence-corrected chi connectivity index (χ0v) is 11.5. The number of nitrogens with one attached hydrogen (secondary N) is 1. The molecule has 0 unspecified atom stereocenters. The van der Waals surface area contributed by atoms with Crippen molar-refractivity contribution < 1.29 is 14.0 Å². The summed E-state index contributed by atoms with van der Waals surface area (Å²) in [4.78, 5) is 21.9. The number of furan rings is 1. The lowest BCUT2D eigenvalue weighted by Gasteiger charge is -2.05. The molecule has 3 N–H and O–H groups in total. The predicted octanol–water partition coefficient (Wildman–Crippen LogP) is 0.845. The number of hydrogen-bond donors (Lipinski definition) is 2. The maximum atomic E-state index is 11.4. The Morgan fingerprint density at radius 1 is 1.50 bits per heavy atom. The van der Waals surface area contributed by atoms with Gasteiger partial charge in [-0.1, -0.05) is 11.8 Å². The minimum Gasteiger partial charge on any atom is -0.461 e. The molecular weight excluding hydrogens is 282 g/mol. The molecule has 0 aliphatic rings. The monoisotopic (exact) mass is 295 g/mol. The summed E-state index contributed by atoms with van der Waals surface area (Å²) in [5.41, 5.74) is 4.86. The molecule has 0 spiro atoms. The Hall–Kier alpha value is -2.29. The molecule has 0 aliphatic heterocycles. The van der Waals surface area contributed by atoms with Crippen molar-refractivity contribution in [1.82, 2.24) is 20.1 Å². The van der Waals surface area contributed by atoms with E-state index in [9.17, 15) is 9.59 Å². The van der Waals surface area contributed by atoms with Gasteiger partial charge in [-0.05, 0) is 19.1 Å². The van der Waals surface area contributed by atoms with Crippen LogP contribution in [0.5, 0.6) is 0 Å². The van der Waals surface area contributed by atoms with Crippen LogP contribution in [0.1, 0.15) is 6.92 Å². The summed E-state index contributed by atoms with van der Waals surface area (Å²) >= 11 is 1.17. The Balaban J connectivity index is 2.09. The molecule has 20 heavy (non-hydrogen) atoms. The number of thioether (sulfide) groups is 1. The SMILES string of the molecule is CCn1c(SCC(=O)NC(N)=O)nnc1-c1ccco1. The van der Waals surface area contributed by atoms with E-state index in [-0.39, 0.29) is 5.75 Å². The molecule has 0 atom stereocenters. The molecule has 2 heterocycles. The maximum absolute atomic E-state index is 11.4. The van der Waals surface area contributed by atoms with E-state index in [4.69, 9.17) is 10.2 Å². The molecule has 2 aromatic rings. The molecule has 0 radical (unpaired) electrons. The fourth-order valence-electron chi connectivity index (χ4n) is 1.57. The third kappa shape index (κ3) is 3.18. The maximum Gasteiger partial charge on any atom is 0.318 e. The summed E-state index contributed by atoms with van der Waals surface area (Å²) in [5, 5.41) is 10.6. The Kier molecular flexibility index (Phi) is 4.41. The van der Waals surface area contributed by atoms with E-state index < -0.39 is 11.9 Å². The van der Waals surface area contributed by atoms with Crippen molar-refractivity contribution >= 4 is 23.7 Å². The van der Waals surface area contributed by atoms with Crippen LogP contribution in [0, 0.1) is 0 Å². The topological polar surface area (TPSA) is 116 Å². The van der Waals surface area contributed by atoms with Gasteiger partial charge in [-0.15, -0.1) is 10.2 Å². The first-order valence-corrected chi connectivity index (χ1v) is 6.79. The van der Waals surface area contributed by atoms with Crippen LogP contribution in [0.3, 0.4) is 0 Å². The zero-order chi connectivity index (χ0) is 14.5. The van der Waals surface area contributed by atoms with Crippen molar-refractivity contribution in [2.75, 3.05) is 5.75 Å². The molecule has 106 valence electrons. The third-order valence-electron chi connectivity index (χ3n) is 2.37.